The van der Waals surface area contributed by atoms with Crippen LogP contribution in [0.1, 0.15) is 50.0 Å². The van der Waals surface area contributed by atoms with Gasteiger partial charge in [-0.15, -0.1) is 11.6 Å². The molecule has 18 heavy (non-hydrogen) atoms. The highest BCUT2D eigenvalue weighted by molar-refractivity contribution is 6.19. The average molecular weight is 269 g/mol. The summed E-state index contributed by atoms with van der Waals surface area (Å²) < 4.78 is 5.51. The molecule has 0 saturated carbocycles. The number of Topliss-reactive ketones (excluding diaryl/α,β-unsaturated/α-hetero) is 1. The Bertz CT molecular complexity index is 419. The fraction of sp³-hybridized carbons (Fsp3) is 0.533. The monoisotopic (exact) mass is 268 g/mol. The van der Waals surface area contributed by atoms with Crippen molar-refractivity contribution in [1.29, 1.82) is 0 Å². The summed E-state index contributed by atoms with van der Waals surface area (Å²) in [7, 11) is 0. The number of carbonyl (C=O) groups excluding carboxylic acids is 1. The summed E-state index contributed by atoms with van der Waals surface area (Å²) in [6, 6.07) is 5.83. The molecule has 0 amide bonds. The lowest BCUT2D eigenvalue weighted by atomic mass is 9.85. The summed E-state index contributed by atoms with van der Waals surface area (Å²) in [6.07, 6.45) is 0.342. The highest BCUT2D eigenvalue weighted by atomic mass is 35.5. The van der Waals surface area contributed by atoms with E-state index in [9.17, 15) is 4.79 Å². The van der Waals surface area contributed by atoms with Crippen LogP contribution >= 0.6 is 11.6 Å². The quantitative estimate of drug-likeness (QED) is 0.591. The van der Waals surface area contributed by atoms with E-state index < -0.39 is 0 Å². The van der Waals surface area contributed by atoms with Crippen molar-refractivity contribution in [1.82, 2.24) is 0 Å². The molecule has 0 spiro atoms. The molecular formula is C15H21ClO2. The molecule has 1 aromatic carbocycles. The van der Waals surface area contributed by atoms with Gasteiger partial charge in [0.2, 0.25) is 0 Å². The van der Waals surface area contributed by atoms with Gasteiger partial charge in [0, 0.05) is 12.3 Å². The summed E-state index contributed by atoms with van der Waals surface area (Å²) >= 11 is 5.64. The van der Waals surface area contributed by atoms with Crippen LogP contribution in [0.2, 0.25) is 0 Å². The molecule has 0 N–H and O–H groups in total. The number of ether oxygens (including phenoxy) is 1. The molecule has 0 atom stereocenters. The molecule has 3 heteroatoms. The van der Waals surface area contributed by atoms with Crippen LogP contribution in [0.3, 0.4) is 0 Å². The maximum atomic E-state index is 12.1. The Morgan fingerprint density at radius 2 is 2.00 bits per heavy atom. The van der Waals surface area contributed by atoms with E-state index in [0.29, 0.717) is 30.2 Å². The van der Waals surface area contributed by atoms with Gasteiger partial charge in [0.15, 0.2) is 5.78 Å². The van der Waals surface area contributed by atoms with Crippen molar-refractivity contribution in [3.05, 3.63) is 29.3 Å². The molecule has 1 rings (SSSR count). The van der Waals surface area contributed by atoms with E-state index in [1.54, 1.807) is 0 Å². The van der Waals surface area contributed by atoms with Gasteiger partial charge in [-0.1, -0.05) is 26.8 Å². The Hall–Kier alpha value is -1.02. The number of rotatable bonds is 5. The van der Waals surface area contributed by atoms with Crippen molar-refractivity contribution < 1.29 is 9.53 Å². The van der Waals surface area contributed by atoms with Crippen molar-refractivity contribution in [2.75, 3.05) is 12.5 Å². The van der Waals surface area contributed by atoms with Gasteiger partial charge in [-0.2, -0.15) is 0 Å². The molecule has 0 fully saturated rings. The number of alkyl halides is 1. The minimum atomic E-state index is 0.0146. The predicted octanol–water partition coefficient (Wildman–Crippen LogP) is 4.19. The molecule has 0 aliphatic rings. The Morgan fingerprint density at radius 3 is 2.50 bits per heavy atom. The lowest BCUT2D eigenvalue weighted by Crippen LogP contribution is -2.13. The van der Waals surface area contributed by atoms with Crippen LogP contribution in [-0.2, 0) is 5.41 Å². The van der Waals surface area contributed by atoms with Crippen LogP contribution in [0.5, 0.6) is 5.75 Å². The van der Waals surface area contributed by atoms with Crippen molar-refractivity contribution in [2.24, 2.45) is 0 Å². The van der Waals surface area contributed by atoms with Crippen LogP contribution in [0.4, 0.5) is 0 Å². The molecule has 0 radical (unpaired) electrons. The number of benzene rings is 1. The molecule has 100 valence electrons. The van der Waals surface area contributed by atoms with E-state index in [0.717, 1.165) is 5.56 Å². The smallest absolute Gasteiger partial charge is 0.167 e. The average Bonchev–Trinajstić information content (AvgIpc) is 2.28. The van der Waals surface area contributed by atoms with E-state index in [2.05, 4.69) is 20.8 Å². The fourth-order valence-corrected chi connectivity index (χ4v) is 1.89. The van der Waals surface area contributed by atoms with Crippen LogP contribution in [0, 0.1) is 0 Å². The molecule has 0 unspecified atom stereocenters. The topological polar surface area (TPSA) is 26.3 Å². The third-order valence-corrected chi connectivity index (χ3v) is 2.96. The zero-order chi connectivity index (χ0) is 13.8. The second-order valence-electron chi connectivity index (χ2n) is 5.26. The number of halogens is 1. The minimum absolute atomic E-state index is 0.0146. The summed E-state index contributed by atoms with van der Waals surface area (Å²) in [5, 5.41) is 0. The lowest BCUT2D eigenvalue weighted by Gasteiger charge is -2.21. The van der Waals surface area contributed by atoms with Gasteiger partial charge >= 0.3 is 0 Å². The van der Waals surface area contributed by atoms with Gasteiger partial charge in [-0.25, -0.2) is 0 Å². The standard InChI is InChI=1S/C15H21ClO2/c1-5-18-14-7-6-11(15(2,3)4)10-12(14)13(17)8-9-16/h6-7,10H,5,8-9H2,1-4H3. The minimum Gasteiger partial charge on any atom is -0.493 e. The maximum absolute atomic E-state index is 12.1. The second kappa shape index (κ2) is 6.24. The molecule has 0 bridgehead atoms. The summed E-state index contributed by atoms with van der Waals surface area (Å²) in [6.45, 7) is 8.83. The van der Waals surface area contributed by atoms with Gasteiger partial charge < -0.3 is 4.74 Å². The summed E-state index contributed by atoms with van der Waals surface area (Å²) in [4.78, 5) is 12.1. The van der Waals surface area contributed by atoms with Crippen molar-refractivity contribution in [2.45, 2.75) is 39.5 Å². The Balaban J connectivity index is 3.19. The van der Waals surface area contributed by atoms with Crippen molar-refractivity contribution in [3.63, 3.8) is 0 Å². The molecule has 1 aromatic rings. The van der Waals surface area contributed by atoms with E-state index in [-0.39, 0.29) is 11.2 Å². The zero-order valence-corrected chi connectivity index (χ0v) is 12.3. The molecule has 0 saturated heterocycles. The molecule has 0 aliphatic heterocycles. The van der Waals surface area contributed by atoms with Crippen molar-refractivity contribution >= 4 is 17.4 Å². The van der Waals surface area contributed by atoms with Gasteiger partial charge in [0.1, 0.15) is 5.75 Å². The van der Waals surface area contributed by atoms with Gasteiger partial charge in [-0.05, 0) is 30.0 Å². The largest absolute Gasteiger partial charge is 0.493 e. The lowest BCUT2D eigenvalue weighted by molar-refractivity contribution is 0.0985. The van der Waals surface area contributed by atoms with Crippen LogP contribution < -0.4 is 4.74 Å². The van der Waals surface area contributed by atoms with Gasteiger partial charge in [0.25, 0.3) is 0 Å². The molecular weight excluding hydrogens is 248 g/mol. The second-order valence-corrected chi connectivity index (χ2v) is 5.63. The first-order chi connectivity index (χ1) is 8.40. The number of hydrogen-bond acceptors (Lipinski definition) is 2. The third-order valence-electron chi connectivity index (χ3n) is 2.77. The van der Waals surface area contributed by atoms with E-state index in [4.69, 9.17) is 16.3 Å². The van der Waals surface area contributed by atoms with Gasteiger partial charge in [0.05, 0.1) is 12.2 Å². The number of carbonyl (C=O) groups is 1. The zero-order valence-electron chi connectivity index (χ0n) is 11.5. The SMILES string of the molecule is CCOc1ccc(C(C)(C)C)cc1C(=O)CCCl. The van der Waals surface area contributed by atoms with Crippen LogP contribution in [0.25, 0.3) is 0 Å². The molecule has 0 aliphatic carbocycles. The Labute approximate surface area is 114 Å². The number of ketones is 1. The highest BCUT2D eigenvalue weighted by Crippen LogP contribution is 2.29. The van der Waals surface area contributed by atoms with E-state index >= 15 is 0 Å². The van der Waals surface area contributed by atoms with Crippen LogP contribution in [0.15, 0.2) is 18.2 Å². The third kappa shape index (κ3) is 3.74. The Kier molecular flexibility index (Phi) is 5.21. The maximum Gasteiger partial charge on any atom is 0.167 e. The first-order valence-electron chi connectivity index (χ1n) is 6.26. The molecule has 0 heterocycles. The first kappa shape index (κ1) is 15.0. The van der Waals surface area contributed by atoms with E-state index in [1.165, 1.54) is 0 Å². The summed E-state index contributed by atoms with van der Waals surface area (Å²) in [5.74, 6) is 1.03. The molecule has 0 aromatic heterocycles. The fourth-order valence-electron chi connectivity index (χ4n) is 1.72. The number of hydrogen-bond donors (Lipinski definition) is 0. The van der Waals surface area contributed by atoms with Gasteiger partial charge in [-0.3, -0.25) is 4.79 Å². The highest BCUT2D eigenvalue weighted by Gasteiger charge is 2.19. The van der Waals surface area contributed by atoms with E-state index in [1.807, 2.05) is 25.1 Å². The normalized spacial score (nSPS) is 11.4. The van der Waals surface area contributed by atoms with Crippen molar-refractivity contribution in [3.8, 4) is 5.75 Å². The molecule has 2 nitrogen and oxygen atoms in total. The predicted molar refractivity (Wildman–Crippen MR) is 76.0 cm³/mol. The Morgan fingerprint density at radius 1 is 1.33 bits per heavy atom. The first-order valence-corrected chi connectivity index (χ1v) is 6.80. The summed E-state index contributed by atoms with van der Waals surface area (Å²) in [5.41, 5.74) is 1.79. The van der Waals surface area contributed by atoms with Crippen LogP contribution in [-0.4, -0.2) is 18.3 Å².